The SMILES string of the molecule is CCCC1(C)c2ccc(C)cc2OP1(=O)OCC. The van der Waals surface area contributed by atoms with Crippen LogP contribution in [0.2, 0.25) is 0 Å². The van der Waals surface area contributed by atoms with Crippen LogP contribution in [-0.4, -0.2) is 6.61 Å². The first-order valence-corrected chi connectivity index (χ1v) is 8.06. The highest BCUT2D eigenvalue weighted by atomic mass is 31.2. The van der Waals surface area contributed by atoms with E-state index in [-0.39, 0.29) is 0 Å². The lowest BCUT2D eigenvalue weighted by Crippen LogP contribution is -2.20. The fourth-order valence-electron chi connectivity index (χ4n) is 2.62. The van der Waals surface area contributed by atoms with Crippen molar-refractivity contribution in [3.63, 3.8) is 0 Å². The number of hydrogen-bond donors (Lipinski definition) is 0. The van der Waals surface area contributed by atoms with Gasteiger partial charge in [0.1, 0.15) is 10.9 Å². The van der Waals surface area contributed by atoms with Crippen molar-refractivity contribution in [3.8, 4) is 5.75 Å². The van der Waals surface area contributed by atoms with Crippen LogP contribution in [-0.2, 0) is 14.2 Å². The number of benzene rings is 1. The third-order valence-electron chi connectivity index (χ3n) is 3.58. The first-order valence-electron chi connectivity index (χ1n) is 6.52. The quantitative estimate of drug-likeness (QED) is 0.747. The van der Waals surface area contributed by atoms with E-state index in [1.165, 1.54) is 0 Å². The maximum Gasteiger partial charge on any atom is 0.389 e. The Morgan fingerprint density at radius 2 is 2.11 bits per heavy atom. The zero-order valence-electron chi connectivity index (χ0n) is 11.5. The monoisotopic (exact) mass is 268 g/mol. The van der Waals surface area contributed by atoms with Crippen LogP contribution < -0.4 is 4.52 Å². The molecule has 0 saturated heterocycles. The van der Waals surface area contributed by atoms with Crippen molar-refractivity contribution < 1.29 is 13.6 Å². The van der Waals surface area contributed by atoms with Crippen molar-refractivity contribution in [2.75, 3.05) is 6.61 Å². The van der Waals surface area contributed by atoms with Gasteiger partial charge in [-0.05, 0) is 38.8 Å². The fourth-order valence-corrected chi connectivity index (χ4v) is 4.89. The first kappa shape index (κ1) is 13.6. The van der Waals surface area contributed by atoms with Gasteiger partial charge in [0.15, 0.2) is 0 Å². The smallest absolute Gasteiger partial charge is 0.389 e. The summed E-state index contributed by atoms with van der Waals surface area (Å²) in [5.74, 6) is 0.725. The lowest BCUT2D eigenvalue weighted by Gasteiger charge is -2.28. The second kappa shape index (κ2) is 4.71. The van der Waals surface area contributed by atoms with Crippen molar-refractivity contribution in [2.24, 2.45) is 0 Å². The molecule has 1 aliphatic heterocycles. The molecule has 2 atom stereocenters. The van der Waals surface area contributed by atoms with Crippen LogP contribution in [0.1, 0.15) is 44.7 Å². The van der Waals surface area contributed by atoms with Crippen LogP contribution in [0.15, 0.2) is 18.2 Å². The van der Waals surface area contributed by atoms with E-state index in [9.17, 15) is 4.57 Å². The molecule has 2 rings (SSSR count). The Kier molecular flexibility index (Phi) is 3.57. The van der Waals surface area contributed by atoms with E-state index in [0.29, 0.717) is 6.61 Å². The fraction of sp³-hybridized carbons (Fsp3) is 0.571. The van der Waals surface area contributed by atoms with Gasteiger partial charge < -0.3 is 4.52 Å². The lowest BCUT2D eigenvalue weighted by atomic mass is 9.94. The van der Waals surface area contributed by atoms with Gasteiger partial charge >= 0.3 is 7.60 Å². The van der Waals surface area contributed by atoms with Crippen LogP contribution in [0.25, 0.3) is 0 Å². The molecule has 0 saturated carbocycles. The van der Waals surface area contributed by atoms with Crippen LogP contribution >= 0.6 is 7.60 Å². The second-order valence-corrected chi connectivity index (χ2v) is 7.45. The molecule has 0 bridgehead atoms. The molecule has 18 heavy (non-hydrogen) atoms. The van der Waals surface area contributed by atoms with Gasteiger partial charge in [-0.3, -0.25) is 4.52 Å². The topological polar surface area (TPSA) is 35.5 Å². The summed E-state index contributed by atoms with van der Waals surface area (Å²) in [5.41, 5.74) is 2.13. The molecule has 1 aliphatic rings. The molecule has 100 valence electrons. The van der Waals surface area contributed by atoms with Crippen molar-refractivity contribution in [1.29, 1.82) is 0 Å². The highest BCUT2D eigenvalue weighted by molar-refractivity contribution is 7.56. The molecule has 2 unspecified atom stereocenters. The van der Waals surface area contributed by atoms with Gasteiger partial charge in [0.2, 0.25) is 0 Å². The predicted octanol–water partition coefficient (Wildman–Crippen LogP) is 4.63. The van der Waals surface area contributed by atoms with E-state index in [0.717, 1.165) is 29.7 Å². The summed E-state index contributed by atoms with van der Waals surface area (Å²) in [4.78, 5) is 0. The molecule has 0 aromatic heterocycles. The molecule has 1 aromatic carbocycles. The van der Waals surface area contributed by atoms with Gasteiger partial charge in [0, 0.05) is 5.56 Å². The molecular weight excluding hydrogens is 247 g/mol. The summed E-state index contributed by atoms with van der Waals surface area (Å²) >= 11 is 0. The van der Waals surface area contributed by atoms with Crippen molar-refractivity contribution in [3.05, 3.63) is 29.3 Å². The van der Waals surface area contributed by atoms with E-state index in [1.54, 1.807) is 0 Å². The van der Waals surface area contributed by atoms with Crippen molar-refractivity contribution in [2.45, 2.75) is 45.7 Å². The van der Waals surface area contributed by atoms with Gasteiger partial charge in [0.25, 0.3) is 0 Å². The highest BCUT2D eigenvalue weighted by Gasteiger charge is 2.55. The Balaban J connectivity index is 2.54. The average Bonchev–Trinajstić information content (AvgIpc) is 2.48. The molecule has 0 amide bonds. The third kappa shape index (κ3) is 1.90. The second-order valence-electron chi connectivity index (χ2n) is 5.03. The average molecular weight is 268 g/mol. The Labute approximate surface area is 109 Å². The molecular formula is C14H21O3P. The number of aryl methyl sites for hydroxylation is 1. The van der Waals surface area contributed by atoms with E-state index < -0.39 is 12.8 Å². The Morgan fingerprint density at radius 1 is 1.39 bits per heavy atom. The lowest BCUT2D eigenvalue weighted by molar-refractivity contribution is 0.264. The summed E-state index contributed by atoms with van der Waals surface area (Å²) in [6, 6.07) is 6.01. The molecule has 0 radical (unpaired) electrons. The number of hydrogen-bond acceptors (Lipinski definition) is 3. The van der Waals surface area contributed by atoms with Gasteiger partial charge in [0.05, 0.1) is 6.61 Å². The first-order chi connectivity index (χ1) is 8.47. The summed E-state index contributed by atoms with van der Waals surface area (Å²) in [7, 11) is -3.11. The molecule has 0 spiro atoms. The summed E-state index contributed by atoms with van der Waals surface area (Å²) in [6.07, 6.45) is 1.75. The Hall–Kier alpha value is -0.790. The summed E-state index contributed by atoms with van der Waals surface area (Å²) < 4.78 is 24.2. The highest BCUT2D eigenvalue weighted by Crippen LogP contribution is 2.72. The minimum Gasteiger partial charge on any atom is -0.423 e. The maximum absolute atomic E-state index is 13.0. The normalized spacial score (nSPS) is 30.0. The number of rotatable bonds is 4. The molecule has 0 N–H and O–H groups in total. The summed E-state index contributed by atoms with van der Waals surface area (Å²) in [6.45, 7) is 8.35. The van der Waals surface area contributed by atoms with E-state index in [4.69, 9.17) is 9.05 Å². The molecule has 1 aromatic rings. The van der Waals surface area contributed by atoms with E-state index >= 15 is 0 Å². The predicted molar refractivity (Wildman–Crippen MR) is 73.3 cm³/mol. The molecule has 4 heteroatoms. The molecule has 0 aliphatic carbocycles. The van der Waals surface area contributed by atoms with Gasteiger partial charge in [-0.15, -0.1) is 0 Å². The van der Waals surface area contributed by atoms with E-state index in [2.05, 4.69) is 6.92 Å². The number of fused-ring (bicyclic) bond motifs is 1. The van der Waals surface area contributed by atoms with Gasteiger partial charge in [-0.2, -0.15) is 0 Å². The van der Waals surface area contributed by atoms with Crippen molar-refractivity contribution >= 4 is 7.60 Å². The molecule has 3 nitrogen and oxygen atoms in total. The van der Waals surface area contributed by atoms with Gasteiger partial charge in [-0.1, -0.05) is 25.5 Å². The minimum absolute atomic E-state index is 0.406. The summed E-state index contributed by atoms with van der Waals surface area (Å²) in [5, 5.41) is -0.513. The molecule has 1 heterocycles. The van der Waals surface area contributed by atoms with Crippen LogP contribution in [0.3, 0.4) is 0 Å². The Morgan fingerprint density at radius 3 is 2.72 bits per heavy atom. The van der Waals surface area contributed by atoms with Crippen LogP contribution in [0.4, 0.5) is 0 Å². The zero-order valence-corrected chi connectivity index (χ0v) is 12.4. The molecule has 0 fully saturated rings. The zero-order chi connectivity index (χ0) is 13.4. The maximum atomic E-state index is 13.0. The van der Waals surface area contributed by atoms with Gasteiger partial charge in [-0.25, -0.2) is 4.57 Å². The van der Waals surface area contributed by atoms with Crippen molar-refractivity contribution in [1.82, 2.24) is 0 Å². The van der Waals surface area contributed by atoms with Crippen LogP contribution in [0, 0.1) is 6.92 Å². The largest absolute Gasteiger partial charge is 0.423 e. The Bertz CT molecular complexity index is 498. The van der Waals surface area contributed by atoms with E-state index in [1.807, 2.05) is 39.0 Å². The van der Waals surface area contributed by atoms with Crippen LogP contribution in [0.5, 0.6) is 5.75 Å². The minimum atomic E-state index is -3.11. The third-order valence-corrected chi connectivity index (χ3v) is 6.28. The standard InChI is InChI=1S/C14H21O3P/c1-5-9-14(4)12-8-7-11(3)10-13(12)17-18(14,15)16-6-2/h7-8,10H,5-6,9H2,1-4H3.